The average Bonchev–Trinajstić information content (AvgIpc) is 2.47. The van der Waals surface area contributed by atoms with E-state index in [9.17, 15) is 14.9 Å². The Morgan fingerprint density at radius 1 is 1.48 bits per heavy atom. The third-order valence-electron chi connectivity index (χ3n) is 3.98. The first-order valence-electron chi connectivity index (χ1n) is 7.33. The minimum absolute atomic E-state index is 0.0111. The molecule has 0 saturated carbocycles. The Balaban J connectivity index is 2.44. The summed E-state index contributed by atoms with van der Waals surface area (Å²) in [6.45, 7) is 2.84. The number of rotatable bonds is 5. The molecule has 1 unspecified atom stereocenters. The minimum atomic E-state index is -1.06. The summed E-state index contributed by atoms with van der Waals surface area (Å²) in [5.74, 6) is -1.06. The summed E-state index contributed by atoms with van der Waals surface area (Å²) >= 11 is 0. The van der Waals surface area contributed by atoms with E-state index in [2.05, 4.69) is 6.92 Å². The van der Waals surface area contributed by atoms with Crippen LogP contribution in [0, 0.1) is 10.1 Å². The summed E-state index contributed by atoms with van der Waals surface area (Å²) in [5.41, 5.74) is 0.525. The number of hydrogen-bond donors (Lipinski definition) is 1. The molecule has 6 heteroatoms. The number of carboxylic acid groups (broad SMARTS) is 1. The molecule has 0 amide bonds. The van der Waals surface area contributed by atoms with E-state index in [-0.39, 0.29) is 17.3 Å². The Morgan fingerprint density at radius 3 is 2.86 bits per heavy atom. The lowest BCUT2D eigenvalue weighted by molar-refractivity contribution is -0.384. The van der Waals surface area contributed by atoms with Crippen LogP contribution < -0.4 is 4.90 Å². The van der Waals surface area contributed by atoms with E-state index in [1.807, 2.05) is 4.90 Å². The van der Waals surface area contributed by atoms with E-state index in [0.29, 0.717) is 5.69 Å². The molecule has 1 aromatic carbocycles. The van der Waals surface area contributed by atoms with Crippen molar-refractivity contribution in [2.75, 3.05) is 11.4 Å². The molecule has 21 heavy (non-hydrogen) atoms. The highest BCUT2D eigenvalue weighted by Gasteiger charge is 2.28. The topological polar surface area (TPSA) is 83.7 Å². The maximum atomic E-state index is 11.2. The van der Waals surface area contributed by atoms with Crippen molar-refractivity contribution < 1.29 is 14.8 Å². The normalized spacial score (nSPS) is 18.5. The molecule has 1 fully saturated rings. The van der Waals surface area contributed by atoms with Gasteiger partial charge in [0, 0.05) is 18.7 Å². The third kappa shape index (κ3) is 3.32. The highest BCUT2D eigenvalue weighted by atomic mass is 16.6. The number of carbonyl (C=O) groups is 1. The van der Waals surface area contributed by atoms with Crippen LogP contribution in [0.4, 0.5) is 11.4 Å². The molecule has 1 heterocycles. The number of nitro benzene ring substituents is 1. The molecule has 0 aromatic heterocycles. The summed E-state index contributed by atoms with van der Waals surface area (Å²) in [7, 11) is 0. The lowest BCUT2D eigenvalue weighted by atomic mass is 9.96. The lowest BCUT2D eigenvalue weighted by Crippen LogP contribution is -2.39. The average molecular weight is 292 g/mol. The number of hydrogen-bond acceptors (Lipinski definition) is 4. The zero-order chi connectivity index (χ0) is 15.4. The Bertz CT molecular complexity index is 542. The summed E-state index contributed by atoms with van der Waals surface area (Å²) in [5, 5.41) is 20.4. The highest BCUT2D eigenvalue weighted by molar-refractivity contribution is 5.90. The predicted octanol–water partition coefficient (Wildman–Crippen LogP) is 3.45. The van der Waals surface area contributed by atoms with Crippen LogP contribution in [0.2, 0.25) is 0 Å². The van der Waals surface area contributed by atoms with Gasteiger partial charge in [0.05, 0.1) is 10.5 Å². The van der Waals surface area contributed by atoms with Crippen LogP contribution in [0.25, 0.3) is 0 Å². The van der Waals surface area contributed by atoms with Gasteiger partial charge in [0.2, 0.25) is 0 Å². The molecule has 1 N–H and O–H groups in total. The van der Waals surface area contributed by atoms with Gasteiger partial charge in [-0.3, -0.25) is 10.1 Å². The Labute approximate surface area is 123 Å². The largest absolute Gasteiger partial charge is 0.478 e. The molecule has 0 bridgehead atoms. The van der Waals surface area contributed by atoms with Crippen molar-refractivity contribution in [1.82, 2.24) is 0 Å². The van der Waals surface area contributed by atoms with Crippen LogP contribution in [-0.2, 0) is 0 Å². The molecule has 2 rings (SSSR count). The second kappa shape index (κ2) is 6.56. The summed E-state index contributed by atoms with van der Waals surface area (Å²) in [6.07, 6.45) is 5.08. The molecule has 114 valence electrons. The number of nitro groups is 1. The fraction of sp³-hybridized carbons (Fsp3) is 0.533. The van der Waals surface area contributed by atoms with Gasteiger partial charge < -0.3 is 10.0 Å². The Kier molecular flexibility index (Phi) is 4.77. The van der Waals surface area contributed by atoms with E-state index in [4.69, 9.17) is 5.11 Å². The maximum Gasteiger partial charge on any atom is 0.335 e. The lowest BCUT2D eigenvalue weighted by Gasteiger charge is -2.37. The number of nitrogens with zero attached hydrogens (tertiary/aromatic N) is 2. The van der Waals surface area contributed by atoms with Gasteiger partial charge in [-0.25, -0.2) is 4.79 Å². The van der Waals surface area contributed by atoms with Gasteiger partial charge in [-0.1, -0.05) is 13.3 Å². The molecule has 1 saturated heterocycles. The maximum absolute atomic E-state index is 11.2. The van der Waals surface area contributed by atoms with Crippen molar-refractivity contribution in [1.29, 1.82) is 0 Å². The SMILES string of the molecule is CCCC1CCCCN1c1cc(C(=O)O)ccc1[N+](=O)[O-]. The Morgan fingerprint density at radius 2 is 2.24 bits per heavy atom. The molecule has 1 aliphatic rings. The molecular weight excluding hydrogens is 272 g/mol. The van der Waals surface area contributed by atoms with Gasteiger partial charge >= 0.3 is 5.97 Å². The first kappa shape index (κ1) is 15.3. The van der Waals surface area contributed by atoms with Crippen LogP contribution in [0.5, 0.6) is 0 Å². The van der Waals surface area contributed by atoms with Crippen LogP contribution in [0.1, 0.15) is 49.4 Å². The van der Waals surface area contributed by atoms with Gasteiger partial charge in [0.25, 0.3) is 5.69 Å². The van der Waals surface area contributed by atoms with Gasteiger partial charge in [-0.05, 0) is 37.8 Å². The zero-order valence-electron chi connectivity index (χ0n) is 12.1. The summed E-state index contributed by atoms with van der Waals surface area (Å²) < 4.78 is 0. The zero-order valence-corrected chi connectivity index (χ0v) is 12.1. The molecule has 0 radical (unpaired) electrons. The number of anilines is 1. The van der Waals surface area contributed by atoms with E-state index in [1.165, 1.54) is 18.2 Å². The van der Waals surface area contributed by atoms with Crippen LogP contribution >= 0.6 is 0 Å². The highest BCUT2D eigenvalue weighted by Crippen LogP contribution is 2.35. The van der Waals surface area contributed by atoms with Crippen molar-refractivity contribution in [2.45, 2.75) is 45.1 Å². The van der Waals surface area contributed by atoms with E-state index in [0.717, 1.165) is 38.6 Å². The second-order valence-electron chi connectivity index (χ2n) is 5.40. The van der Waals surface area contributed by atoms with Crippen molar-refractivity contribution >= 4 is 17.3 Å². The molecule has 1 aliphatic heterocycles. The molecular formula is C15H20N2O4. The summed E-state index contributed by atoms with van der Waals surface area (Å²) in [6, 6.07) is 4.29. The van der Waals surface area contributed by atoms with Crippen molar-refractivity contribution in [3.05, 3.63) is 33.9 Å². The molecule has 1 aromatic rings. The van der Waals surface area contributed by atoms with Gasteiger partial charge in [0.1, 0.15) is 5.69 Å². The molecule has 6 nitrogen and oxygen atoms in total. The second-order valence-corrected chi connectivity index (χ2v) is 5.40. The monoisotopic (exact) mass is 292 g/mol. The van der Waals surface area contributed by atoms with Crippen LogP contribution in [-0.4, -0.2) is 28.6 Å². The fourth-order valence-electron chi connectivity index (χ4n) is 2.99. The first-order valence-corrected chi connectivity index (χ1v) is 7.33. The predicted molar refractivity (Wildman–Crippen MR) is 79.9 cm³/mol. The van der Waals surface area contributed by atoms with Crippen molar-refractivity contribution in [2.24, 2.45) is 0 Å². The smallest absolute Gasteiger partial charge is 0.335 e. The minimum Gasteiger partial charge on any atom is -0.478 e. The standard InChI is InChI=1S/C15H20N2O4/c1-2-5-12-6-3-4-9-16(12)14-10-11(15(18)19)7-8-13(14)17(20)21/h7-8,10,12H,2-6,9H2,1H3,(H,18,19). The molecule has 0 spiro atoms. The van der Waals surface area contributed by atoms with Gasteiger partial charge in [0.15, 0.2) is 0 Å². The van der Waals surface area contributed by atoms with E-state index < -0.39 is 10.9 Å². The number of aromatic carboxylic acids is 1. The third-order valence-corrected chi connectivity index (χ3v) is 3.98. The summed E-state index contributed by atoms with van der Waals surface area (Å²) in [4.78, 5) is 24.0. The van der Waals surface area contributed by atoms with Gasteiger partial charge in [-0.15, -0.1) is 0 Å². The Hall–Kier alpha value is -2.11. The first-order chi connectivity index (χ1) is 10.0. The van der Waals surface area contributed by atoms with Crippen molar-refractivity contribution in [3.63, 3.8) is 0 Å². The van der Waals surface area contributed by atoms with E-state index >= 15 is 0 Å². The van der Waals surface area contributed by atoms with Crippen molar-refractivity contribution in [3.8, 4) is 0 Å². The van der Waals surface area contributed by atoms with Crippen LogP contribution in [0.15, 0.2) is 18.2 Å². The van der Waals surface area contributed by atoms with Gasteiger partial charge in [-0.2, -0.15) is 0 Å². The fourth-order valence-corrected chi connectivity index (χ4v) is 2.99. The number of piperidine rings is 1. The van der Waals surface area contributed by atoms with Crippen LogP contribution in [0.3, 0.4) is 0 Å². The quantitative estimate of drug-likeness (QED) is 0.663. The van der Waals surface area contributed by atoms with E-state index in [1.54, 1.807) is 0 Å². The molecule has 1 atom stereocenters. The number of benzene rings is 1. The number of carboxylic acids is 1. The molecule has 0 aliphatic carbocycles.